The molecular weight excluding hydrogens is 366 g/mol. The molecule has 1 aliphatic heterocycles. The van der Waals surface area contributed by atoms with Crippen molar-refractivity contribution >= 4 is 17.7 Å². The van der Waals surface area contributed by atoms with Crippen molar-refractivity contribution < 1.29 is 14.3 Å². The standard InChI is InChI=1S/C23H17N3O3/c1-26(2)23(27)29-18-10-7-16(8-11-18)9-12-19-13-21(17(14-24)15-25)20-5-3-4-6-22(20)28-19/h3-13H,1-2H3. The lowest BCUT2D eigenvalue weighted by molar-refractivity contribution is 0.172. The van der Waals surface area contributed by atoms with Crippen LogP contribution in [0.25, 0.3) is 11.6 Å². The molecule has 6 nitrogen and oxygen atoms in total. The molecule has 0 saturated carbocycles. The average molecular weight is 383 g/mol. The summed E-state index contributed by atoms with van der Waals surface area (Å²) in [5.41, 5.74) is 2.13. The number of benzene rings is 2. The number of hydrogen-bond donors (Lipinski definition) is 0. The van der Waals surface area contributed by atoms with E-state index in [1.807, 2.05) is 36.4 Å². The van der Waals surface area contributed by atoms with Gasteiger partial charge in [-0.05, 0) is 35.9 Å². The molecule has 0 saturated heterocycles. The summed E-state index contributed by atoms with van der Waals surface area (Å²) in [6.45, 7) is 0. The Hall–Kier alpha value is -4.29. The molecular formula is C23H17N3O3. The Labute approximate surface area is 168 Å². The van der Waals surface area contributed by atoms with Crippen molar-refractivity contribution in [2.24, 2.45) is 0 Å². The van der Waals surface area contributed by atoms with E-state index >= 15 is 0 Å². The van der Waals surface area contributed by atoms with Crippen LogP contribution in [0.3, 0.4) is 0 Å². The lowest BCUT2D eigenvalue weighted by Gasteiger charge is -2.18. The van der Waals surface area contributed by atoms with Crippen molar-refractivity contribution in [2.75, 3.05) is 14.1 Å². The topological polar surface area (TPSA) is 86.4 Å². The molecule has 1 amide bonds. The van der Waals surface area contributed by atoms with Gasteiger partial charge in [-0.2, -0.15) is 10.5 Å². The Kier molecular flexibility index (Phi) is 5.77. The molecule has 29 heavy (non-hydrogen) atoms. The maximum Gasteiger partial charge on any atom is 0.414 e. The average Bonchev–Trinajstić information content (AvgIpc) is 2.74. The fraction of sp³-hybridized carbons (Fsp3) is 0.0870. The van der Waals surface area contributed by atoms with Gasteiger partial charge in [-0.15, -0.1) is 0 Å². The summed E-state index contributed by atoms with van der Waals surface area (Å²) in [6.07, 6.45) is 4.81. The molecule has 2 aromatic carbocycles. The third-order valence-electron chi connectivity index (χ3n) is 4.08. The minimum absolute atomic E-state index is 0.0266. The molecule has 1 heterocycles. The highest BCUT2D eigenvalue weighted by molar-refractivity contribution is 5.87. The van der Waals surface area contributed by atoms with Crippen LogP contribution in [0.5, 0.6) is 11.5 Å². The number of carbonyl (C=O) groups excluding carboxylic acids is 1. The van der Waals surface area contributed by atoms with Crippen LogP contribution >= 0.6 is 0 Å². The first-order valence-electron chi connectivity index (χ1n) is 8.72. The van der Waals surface area contributed by atoms with Crippen molar-refractivity contribution in [3.63, 3.8) is 0 Å². The molecule has 0 aromatic heterocycles. The Balaban J connectivity index is 1.84. The van der Waals surface area contributed by atoms with Crippen molar-refractivity contribution in [1.29, 1.82) is 10.5 Å². The van der Waals surface area contributed by atoms with Crippen molar-refractivity contribution in [2.45, 2.75) is 0 Å². The zero-order valence-corrected chi connectivity index (χ0v) is 15.9. The van der Waals surface area contributed by atoms with E-state index in [0.29, 0.717) is 28.4 Å². The summed E-state index contributed by atoms with van der Waals surface area (Å²) in [4.78, 5) is 12.9. The zero-order chi connectivity index (χ0) is 20.8. The van der Waals surface area contributed by atoms with Crippen LogP contribution in [0.1, 0.15) is 11.1 Å². The fourth-order valence-electron chi connectivity index (χ4n) is 2.61. The summed E-state index contributed by atoms with van der Waals surface area (Å²) in [6, 6.07) is 18.1. The van der Waals surface area contributed by atoms with Crippen LogP contribution in [0.2, 0.25) is 0 Å². The number of carbonyl (C=O) groups is 1. The monoisotopic (exact) mass is 383 g/mol. The second-order valence-electron chi connectivity index (χ2n) is 6.32. The largest absolute Gasteiger partial charge is 0.457 e. The summed E-state index contributed by atoms with van der Waals surface area (Å²) in [7, 11) is 3.23. The second kappa shape index (κ2) is 8.60. The Morgan fingerprint density at radius 2 is 1.72 bits per heavy atom. The minimum atomic E-state index is -0.446. The highest BCUT2D eigenvalue weighted by atomic mass is 16.6. The zero-order valence-electron chi connectivity index (χ0n) is 15.9. The van der Waals surface area contributed by atoms with E-state index in [2.05, 4.69) is 0 Å². The smallest absolute Gasteiger partial charge is 0.414 e. The third kappa shape index (κ3) is 4.52. The van der Waals surface area contributed by atoms with E-state index in [0.717, 1.165) is 5.56 Å². The quantitative estimate of drug-likeness (QED) is 0.727. The third-order valence-corrected chi connectivity index (χ3v) is 4.08. The van der Waals surface area contributed by atoms with Gasteiger partial charge < -0.3 is 14.4 Å². The van der Waals surface area contributed by atoms with Crippen LogP contribution in [0.15, 0.2) is 72.0 Å². The van der Waals surface area contributed by atoms with E-state index in [1.54, 1.807) is 56.6 Å². The van der Waals surface area contributed by atoms with E-state index in [4.69, 9.17) is 9.47 Å². The predicted octanol–water partition coefficient (Wildman–Crippen LogP) is 4.54. The molecule has 0 spiro atoms. The number of nitriles is 2. The molecule has 0 aliphatic carbocycles. The minimum Gasteiger partial charge on any atom is -0.457 e. The van der Waals surface area contributed by atoms with Crippen molar-refractivity contribution in [3.05, 3.63) is 83.1 Å². The van der Waals surface area contributed by atoms with Gasteiger partial charge in [-0.3, -0.25) is 0 Å². The molecule has 3 rings (SSSR count). The molecule has 1 aliphatic rings. The number of allylic oxidation sites excluding steroid dienone is 4. The van der Waals surface area contributed by atoms with Crippen LogP contribution in [0.4, 0.5) is 4.79 Å². The van der Waals surface area contributed by atoms with E-state index in [9.17, 15) is 15.3 Å². The lowest BCUT2D eigenvalue weighted by atomic mass is 9.97. The summed E-state index contributed by atoms with van der Waals surface area (Å²) in [5, 5.41) is 18.5. The SMILES string of the molecule is CN(C)C(=O)Oc1ccc(C=CC2=CC(=C(C#N)C#N)c3ccccc3O2)cc1. The van der Waals surface area contributed by atoms with Gasteiger partial charge in [0.05, 0.1) is 0 Å². The van der Waals surface area contributed by atoms with E-state index in [-0.39, 0.29) is 5.57 Å². The first-order chi connectivity index (χ1) is 14.0. The second-order valence-corrected chi connectivity index (χ2v) is 6.32. The van der Waals surface area contributed by atoms with Crippen LogP contribution in [-0.2, 0) is 0 Å². The summed E-state index contributed by atoms with van der Waals surface area (Å²) in [5.74, 6) is 1.53. The first kappa shape index (κ1) is 19.5. The molecule has 0 bridgehead atoms. The van der Waals surface area contributed by atoms with E-state index < -0.39 is 6.09 Å². The van der Waals surface area contributed by atoms with Crippen molar-refractivity contribution in [1.82, 2.24) is 4.90 Å². The molecule has 142 valence electrons. The number of para-hydroxylation sites is 1. The lowest BCUT2D eigenvalue weighted by Crippen LogP contribution is -2.25. The maximum atomic E-state index is 11.6. The van der Waals surface area contributed by atoms with Gasteiger partial charge in [-0.1, -0.05) is 36.4 Å². The number of amides is 1. The first-order valence-corrected chi connectivity index (χ1v) is 8.72. The fourth-order valence-corrected chi connectivity index (χ4v) is 2.61. The van der Waals surface area contributed by atoms with Gasteiger partial charge in [0.2, 0.25) is 0 Å². The Bertz CT molecular complexity index is 1100. The maximum absolute atomic E-state index is 11.6. The molecule has 0 fully saturated rings. The van der Waals surface area contributed by atoms with Gasteiger partial charge in [0.25, 0.3) is 0 Å². The van der Waals surface area contributed by atoms with Gasteiger partial charge in [-0.25, -0.2) is 4.79 Å². The van der Waals surface area contributed by atoms with Gasteiger partial charge in [0.15, 0.2) is 0 Å². The molecule has 2 aromatic rings. The molecule has 0 atom stereocenters. The molecule has 0 N–H and O–H groups in total. The molecule has 0 unspecified atom stereocenters. The van der Waals surface area contributed by atoms with Crippen LogP contribution in [0, 0.1) is 22.7 Å². The number of ether oxygens (including phenoxy) is 2. The number of hydrogen-bond acceptors (Lipinski definition) is 5. The molecule has 6 heteroatoms. The van der Waals surface area contributed by atoms with Gasteiger partial charge in [0, 0.05) is 25.2 Å². The number of rotatable bonds is 3. The van der Waals surface area contributed by atoms with Crippen LogP contribution < -0.4 is 9.47 Å². The predicted molar refractivity (Wildman–Crippen MR) is 108 cm³/mol. The molecule has 0 radical (unpaired) electrons. The van der Waals surface area contributed by atoms with Crippen LogP contribution in [-0.4, -0.2) is 25.1 Å². The summed E-state index contributed by atoms with van der Waals surface area (Å²) >= 11 is 0. The Morgan fingerprint density at radius 1 is 1.03 bits per heavy atom. The Morgan fingerprint density at radius 3 is 2.38 bits per heavy atom. The number of nitrogens with zero attached hydrogens (tertiary/aromatic N) is 3. The van der Waals surface area contributed by atoms with Gasteiger partial charge >= 0.3 is 6.09 Å². The highest BCUT2D eigenvalue weighted by Gasteiger charge is 2.18. The van der Waals surface area contributed by atoms with Crippen molar-refractivity contribution in [3.8, 4) is 23.6 Å². The number of fused-ring (bicyclic) bond motifs is 1. The summed E-state index contributed by atoms with van der Waals surface area (Å²) < 4.78 is 11.1. The van der Waals surface area contributed by atoms with E-state index in [1.165, 1.54) is 4.90 Å². The highest BCUT2D eigenvalue weighted by Crippen LogP contribution is 2.35. The normalized spacial score (nSPS) is 12.1. The van der Waals surface area contributed by atoms with Gasteiger partial charge in [0.1, 0.15) is 35.0 Å².